The van der Waals surface area contributed by atoms with E-state index < -0.39 is 0 Å². The van der Waals surface area contributed by atoms with Gasteiger partial charge in [0.2, 0.25) is 5.91 Å². The van der Waals surface area contributed by atoms with Gasteiger partial charge in [-0.2, -0.15) is 0 Å². The first-order valence-corrected chi connectivity index (χ1v) is 8.78. The number of hydrogen-bond donors (Lipinski definition) is 1. The molecule has 6 heteroatoms. The monoisotopic (exact) mass is 369 g/mol. The zero-order chi connectivity index (χ0) is 18.4. The van der Waals surface area contributed by atoms with Crippen molar-refractivity contribution in [3.05, 3.63) is 72.0 Å². The predicted molar refractivity (Wildman–Crippen MR) is 103 cm³/mol. The number of aryl methyl sites for hydroxylation is 1. The Bertz CT molecular complexity index is 903. The van der Waals surface area contributed by atoms with Gasteiger partial charge in [-0.3, -0.25) is 4.79 Å². The quantitative estimate of drug-likeness (QED) is 0.483. The molecule has 0 radical (unpaired) electrons. The third kappa shape index (κ3) is 4.43. The molecule has 0 aliphatic carbocycles. The Hall–Kier alpha value is -2.79. The van der Waals surface area contributed by atoms with Gasteiger partial charge in [-0.05, 0) is 48.9 Å². The first-order valence-electron chi connectivity index (χ1n) is 8.40. The third-order valence-corrected chi connectivity index (χ3v) is 4.20. The van der Waals surface area contributed by atoms with Crippen LogP contribution in [-0.2, 0) is 17.9 Å². The van der Waals surface area contributed by atoms with Crippen LogP contribution < -0.4 is 10.1 Å². The van der Waals surface area contributed by atoms with Crippen molar-refractivity contribution in [1.29, 1.82) is 0 Å². The molecule has 0 spiro atoms. The summed E-state index contributed by atoms with van der Waals surface area (Å²) in [6.07, 6.45) is 2.07. The Morgan fingerprint density at radius 1 is 1.23 bits per heavy atom. The van der Waals surface area contributed by atoms with Gasteiger partial charge in [0.05, 0.1) is 24.2 Å². The van der Waals surface area contributed by atoms with E-state index in [1.807, 2.05) is 36.4 Å². The van der Waals surface area contributed by atoms with Crippen molar-refractivity contribution >= 4 is 28.5 Å². The van der Waals surface area contributed by atoms with E-state index in [1.165, 1.54) is 6.08 Å². The normalized spacial score (nSPS) is 10.7. The van der Waals surface area contributed by atoms with E-state index in [0.29, 0.717) is 18.2 Å². The van der Waals surface area contributed by atoms with Crippen LogP contribution in [0.15, 0.2) is 61.2 Å². The van der Waals surface area contributed by atoms with Gasteiger partial charge in [-0.15, -0.1) is 0 Å². The highest BCUT2D eigenvalue weighted by Crippen LogP contribution is 2.18. The minimum Gasteiger partial charge on any atom is -0.494 e. The lowest BCUT2D eigenvalue weighted by atomic mass is 10.3. The van der Waals surface area contributed by atoms with Crippen LogP contribution in [0.3, 0.4) is 0 Å². The van der Waals surface area contributed by atoms with Crippen LogP contribution in [0.4, 0.5) is 0 Å². The van der Waals surface area contributed by atoms with E-state index in [0.717, 1.165) is 35.6 Å². The molecule has 0 bridgehead atoms. The Balaban J connectivity index is 1.66. The number of halogens is 1. The predicted octanol–water partition coefficient (Wildman–Crippen LogP) is 3.96. The number of ether oxygens (including phenoxy) is 1. The molecule has 0 aliphatic rings. The number of nitrogens with zero attached hydrogens (tertiary/aromatic N) is 2. The summed E-state index contributed by atoms with van der Waals surface area (Å²) < 4.78 is 7.87. The highest BCUT2D eigenvalue weighted by atomic mass is 35.5. The Morgan fingerprint density at radius 3 is 2.77 bits per heavy atom. The molecular weight excluding hydrogens is 350 g/mol. The molecule has 3 aromatic rings. The maximum Gasteiger partial charge on any atom is 0.243 e. The first-order chi connectivity index (χ1) is 12.7. The smallest absolute Gasteiger partial charge is 0.243 e. The average molecular weight is 370 g/mol. The van der Waals surface area contributed by atoms with Crippen molar-refractivity contribution in [3.8, 4) is 5.75 Å². The summed E-state index contributed by atoms with van der Waals surface area (Å²) in [5.41, 5.74) is 1.95. The van der Waals surface area contributed by atoms with Crippen molar-refractivity contribution in [2.75, 3.05) is 6.61 Å². The van der Waals surface area contributed by atoms with Gasteiger partial charge in [0.15, 0.2) is 0 Å². The molecule has 2 aromatic carbocycles. The van der Waals surface area contributed by atoms with Gasteiger partial charge in [0, 0.05) is 11.6 Å². The molecule has 134 valence electrons. The van der Waals surface area contributed by atoms with E-state index in [1.54, 1.807) is 12.1 Å². The fourth-order valence-electron chi connectivity index (χ4n) is 2.69. The van der Waals surface area contributed by atoms with Crippen LogP contribution in [-0.4, -0.2) is 22.1 Å². The maximum atomic E-state index is 11.5. The number of imidazole rings is 1. The molecule has 0 atom stereocenters. The van der Waals surface area contributed by atoms with Crippen LogP contribution in [0.25, 0.3) is 11.0 Å². The molecule has 1 N–H and O–H groups in total. The molecule has 1 heterocycles. The topological polar surface area (TPSA) is 56.2 Å². The summed E-state index contributed by atoms with van der Waals surface area (Å²) in [7, 11) is 0. The second kappa shape index (κ2) is 8.54. The van der Waals surface area contributed by atoms with Gasteiger partial charge < -0.3 is 14.6 Å². The number of hydrogen-bond acceptors (Lipinski definition) is 3. The van der Waals surface area contributed by atoms with Crippen molar-refractivity contribution < 1.29 is 9.53 Å². The largest absolute Gasteiger partial charge is 0.494 e. The minimum atomic E-state index is -0.213. The number of aromatic nitrogens is 2. The van der Waals surface area contributed by atoms with Crippen LogP contribution >= 0.6 is 11.6 Å². The molecule has 0 saturated carbocycles. The minimum absolute atomic E-state index is 0.213. The molecule has 1 amide bonds. The molecule has 0 fully saturated rings. The summed E-state index contributed by atoms with van der Waals surface area (Å²) in [4.78, 5) is 16.1. The average Bonchev–Trinajstić information content (AvgIpc) is 3.02. The number of nitrogens with one attached hydrogen (secondary N) is 1. The highest BCUT2D eigenvalue weighted by Gasteiger charge is 2.10. The first kappa shape index (κ1) is 18.0. The SMILES string of the molecule is C=CC(=O)NCc1nc2ccccc2n1CCCOc1ccc(Cl)cc1. The second-order valence-electron chi connectivity index (χ2n) is 5.75. The number of carbonyl (C=O) groups excluding carboxylic acids is 1. The number of fused-ring (bicyclic) bond motifs is 1. The molecular formula is C20H20ClN3O2. The van der Waals surface area contributed by atoms with Crippen LogP contribution in [0.2, 0.25) is 5.02 Å². The van der Waals surface area contributed by atoms with Gasteiger partial charge in [0.1, 0.15) is 11.6 Å². The van der Waals surface area contributed by atoms with E-state index >= 15 is 0 Å². The van der Waals surface area contributed by atoms with Gasteiger partial charge in [-0.25, -0.2) is 4.98 Å². The third-order valence-electron chi connectivity index (χ3n) is 3.95. The van der Waals surface area contributed by atoms with Gasteiger partial charge in [-0.1, -0.05) is 30.3 Å². The number of benzene rings is 2. The molecule has 5 nitrogen and oxygen atoms in total. The number of rotatable bonds is 8. The Labute approximate surface area is 157 Å². The lowest BCUT2D eigenvalue weighted by molar-refractivity contribution is -0.116. The fourth-order valence-corrected chi connectivity index (χ4v) is 2.82. The molecule has 0 saturated heterocycles. The van der Waals surface area contributed by atoms with Crippen molar-refractivity contribution in [2.45, 2.75) is 19.5 Å². The standard InChI is InChI=1S/C20H20ClN3O2/c1-2-20(25)22-14-19-23-17-6-3-4-7-18(17)24(19)12-5-13-26-16-10-8-15(21)9-11-16/h2-4,6-11H,1,5,12-14H2,(H,22,25). The maximum absolute atomic E-state index is 11.5. The van der Waals surface area contributed by atoms with E-state index in [-0.39, 0.29) is 5.91 Å². The van der Waals surface area contributed by atoms with Crippen LogP contribution in [0.1, 0.15) is 12.2 Å². The lowest BCUT2D eigenvalue weighted by Gasteiger charge is -2.11. The number of carbonyl (C=O) groups is 1. The molecule has 0 aliphatic heterocycles. The summed E-state index contributed by atoms with van der Waals surface area (Å²) in [5, 5.41) is 3.48. The number of amides is 1. The molecule has 3 rings (SSSR count). The van der Waals surface area contributed by atoms with E-state index in [2.05, 4.69) is 21.4 Å². The summed E-state index contributed by atoms with van der Waals surface area (Å²) in [6, 6.07) is 15.3. The summed E-state index contributed by atoms with van der Waals surface area (Å²) in [5.74, 6) is 1.39. The Morgan fingerprint density at radius 2 is 2.00 bits per heavy atom. The van der Waals surface area contributed by atoms with Crippen molar-refractivity contribution in [3.63, 3.8) is 0 Å². The summed E-state index contributed by atoms with van der Waals surface area (Å²) in [6.45, 7) is 5.15. The number of para-hydroxylation sites is 2. The van der Waals surface area contributed by atoms with Gasteiger partial charge in [0.25, 0.3) is 0 Å². The fraction of sp³-hybridized carbons (Fsp3) is 0.200. The van der Waals surface area contributed by atoms with E-state index in [9.17, 15) is 4.79 Å². The molecule has 26 heavy (non-hydrogen) atoms. The lowest BCUT2D eigenvalue weighted by Crippen LogP contribution is -2.22. The zero-order valence-electron chi connectivity index (χ0n) is 14.3. The van der Waals surface area contributed by atoms with Crippen LogP contribution in [0, 0.1) is 0 Å². The highest BCUT2D eigenvalue weighted by molar-refractivity contribution is 6.30. The summed E-state index contributed by atoms with van der Waals surface area (Å²) >= 11 is 5.87. The van der Waals surface area contributed by atoms with Crippen LogP contribution in [0.5, 0.6) is 5.75 Å². The zero-order valence-corrected chi connectivity index (χ0v) is 15.1. The van der Waals surface area contributed by atoms with Crippen molar-refractivity contribution in [1.82, 2.24) is 14.9 Å². The Kier molecular flexibility index (Phi) is 5.92. The molecule has 0 unspecified atom stereocenters. The second-order valence-corrected chi connectivity index (χ2v) is 6.18. The van der Waals surface area contributed by atoms with Gasteiger partial charge >= 0.3 is 0 Å². The van der Waals surface area contributed by atoms with E-state index in [4.69, 9.17) is 16.3 Å². The molecule has 1 aromatic heterocycles. The van der Waals surface area contributed by atoms with Crippen molar-refractivity contribution in [2.24, 2.45) is 0 Å².